The predicted octanol–water partition coefficient (Wildman–Crippen LogP) is 3.29. The van der Waals surface area contributed by atoms with Crippen LogP contribution in [-0.2, 0) is 0 Å². The largest absolute Gasteiger partial charge is 0.363 e. The Kier molecular flexibility index (Phi) is 3.62. The molecule has 0 spiro atoms. The highest BCUT2D eigenvalue weighted by Gasteiger charge is 2.24. The number of aromatic amines is 1. The Labute approximate surface area is 137 Å². The number of aryl methyl sites for hydroxylation is 1. The summed E-state index contributed by atoms with van der Waals surface area (Å²) in [6.07, 6.45) is 0. The molecule has 3 nitrogen and oxygen atoms in total. The summed E-state index contributed by atoms with van der Waals surface area (Å²) in [5, 5.41) is 1.26. The molecule has 0 aliphatic carbocycles. The molecule has 0 saturated carbocycles. The highest BCUT2D eigenvalue weighted by atomic mass is 15.3. The molecule has 4 rings (SSSR count). The number of benzene rings is 2. The van der Waals surface area contributed by atoms with E-state index in [-0.39, 0.29) is 0 Å². The zero-order valence-electron chi connectivity index (χ0n) is 13.5. The topological polar surface area (TPSA) is 20.6 Å². The normalized spacial score (nSPS) is 15.2. The number of hydrogen-bond acceptors (Lipinski definition) is 2. The average Bonchev–Trinajstić information content (AvgIpc) is 2.62. The Morgan fingerprint density at radius 3 is 2.26 bits per heavy atom. The van der Waals surface area contributed by atoms with Crippen molar-refractivity contribution in [1.82, 2.24) is 0 Å². The zero-order valence-corrected chi connectivity index (χ0v) is 13.5. The first kappa shape index (κ1) is 14.1. The Bertz CT molecular complexity index is 820. The number of aromatic nitrogens is 1. The Hall–Kier alpha value is -2.55. The first-order valence-electron chi connectivity index (χ1n) is 8.28. The summed E-state index contributed by atoms with van der Waals surface area (Å²) in [5.74, 6) is 1.22. The summed E-state index contributed by atoms with van der Waals surface area (Å²) >= 11 is 0. The van der Waals surface area contributed by atoms with Crippen LogP contribution in [-0.4, -0.2) is 26.2 Å². The molecular formula is C20H22N3+. The van der Waals surface area contributed by atoms with Crippen molar-refractivity contribution in [3.63, 3.8) is 0 Å². The van der Waals surface area contributed by atoms with Gasteiger partial charge in [-0.05, 0) is 30.7 Å². The van der Waals surface area contributed by atoms with Crippen LogP contribution in [0.15, 0.2) is 60.7 Å². The van der Waals surface area contributed by atoms with E-state index in [2.05, 4.69) is 82.4 Å². The number of pyridine rings is 1. The molecule has 0 atom stereocenters. The fourth-order valence-electron chi connectivity index (χ4n) is 3.40. The van der Waals surface area contributed by atoms with Crippen molar-refractivity contribution in [1.29, 1.82) is 0 Å². The smallest absolute Gasteiger partial charge is 0.274 e. The number of para-hydroxylation sites is 2. The minimum atomic E-state index is 1.04. The quantitative estimate of drug-likeness (QED) is 0.724. The minimum absolute atomic E-state index is 1.04. The molecule has 0 bridgehead atoms. The van der Waals surface area contributed by atoms with Crippen molar-refractivity contribution in [2.45, 2.75) is 6.92 Å². The van der Waals surface area contributed by atoms with Crippen molar-refractivity contribution in [2.24, 2.45) is 0 Å². The number of fused-ring (bicyclic) bond motifs is 1. The SMILES string of the molecule is Cc1ccccc1N1CCN(c2ccc3ccccc3[nH+]2)CC1. The van der Waals surface area contributed by atoms with E-state index in [4.69, 9.17) is 0 Å². The summed E-state index contributed by atoms with van der Waals surface area (Å²) < 4.78 is 0. The summed E-state index contributed by atoms with van der Waals surface area (Å²) in [7, 11) is 0. The zero-order chi connectivity index (χ0) is 15.6. The summed E-state index contributed by atoms with van der Waals surface area (Å²) in [4.78, 5) is 8.51. The first-order chi connectivity index (χ1) is 11.3. The maximum atomic E-state index is 3.57. The third-order valence-corrected chi connectivity index (χ3v) is 4.72. The van der Waals surface area contributed by atoms with Crippen LogP contribution < -0.4 is 14.8 Å². The Balaban J connectivity index is 1.51. The van der Waals surface area contributed by atoms with E-state index >= 15 is 0 Å². The van der Waals surface area contributed by atoms with Gasteiger partial charge in [-0.1, -0.05) is 36.4 Å². The van der Waals surface area contributed by atoms with Crippen LogP contribution in [0.2, 0.25) is 0 Å². The number of hydrogen-bond donors (Lipinski definition) is 0. The van der Waals surface area contributed by atoms with Gasteiger partial charge in [0.2, 0.25) is 0 Å². The third-order valence-electron chi connectivity index (χ3n) is 4.72. The second kappa shape index (κ2) is 5.92. The summed E-state index contributed by atoms with van der Waals surface area (Å²) in [5.41, 5.74) is 3.93. The van der Waals surface area contributed by atoms with Gasteiger partial charge in [0.05, 0.1) is 13.1 Å². The predicted molar refractivity (Wildman–Crippen MR) is 96.1 cm³/mol. The van der Waals surface area contributed by atoms with Crippen molar-refractivity contribution in [3.05, 3.63) is 66.2 Å². The van der Waals surface area contributed by atoms with Crippen LogP contribution in [0.5, 0.6) is 0 Å². The summed E-state index contributed by atoms with van der Waals surface area (Å²) in [6.45, 7) is 6.40. The molecule has 1 fully saturated rings. The van der Waals surface area contributed by atoms with Crippen molar-refractivity contribution in [3.8, 4) is 0 Å². The van der Waals surface area contributed by atoms with Crippen LogP contribution in [0.1, 0.15) is 5.56 Å². The minimum Gasteiger partial charge on any atom is -0.363 e. The van der Waals surface area contributed by atoms with Crippen LogP contribution in [0, 0.1) is 6.92 Å². The van der Waals surface area contributed by atoms with Gasteiger partial charge in [0.15, 0.2) is 0 Å². The molecule has 0 amide bonds. The van der Waals surface area contributed by atoms with E-state index in [1.54, 1.807) is 0 Å². The average molecular weight is 304 g/mol. The number of nitrogens with zero attached hydrogens (tertiary/aromatic N) is 2. The van der Waals surface area contributed by atoms with Gasteiger partial charge in [0, 0.05) is 17.1 Å². The maximum absolute atomic E-state index is 3.57. The molecule has 1 aromatic heterocycles. The molecule has 1 aliphatic heterocycles. The number of rotatable bonds is 2. The van der Waals surface area contributed by atoms with Crippen LogP contribution in [0.25, 0.3) is 10.9 Å². The molecule has 0 unspecified atom stereocenters. The van der Waals surface area contributed by atoms with E-state index in [1.165, 1.54) is 28.0 Å². The van der Waals surface area contributed by atoms with Gasteiger partial charge in [0.1, 0.15) is 18.6 Å². The highest BCUT2D eigenvalue weighted by molar-refractivity contribution is 5.76. The lowest BCUT2D eigenvalue weighted by Crippen LogP contribution is -2.48. The van der Waals surface area contributed by atoms with Gasteiger partial charge in [-0.3, -0.25) is 4.90 Å². The maximum Gasteiger partial charge on any atom is 0.274 e. The van der Waals surface area contributed by atoms with E-state index < -0.39 is 0 Å². The van der Waals surface area contributed by atoms with Crippen molar-refractivity contribution >= 4 is 22.4 Å². The molecule has 3 heteroatoms. The van der Waals surface area contributed by atoms with Gasteiger partial charge in [-0.2, -0.15) is 0 Å². The van der Waals surface area contributed by atoms with Gasteiger partial charge >= 0.3 is 0 Å². The molecule has 2 heterocycles. The fourth-order valence-corrected chi connectivity index (χ4v) is 3.40. The number of H-pyrrole nitrogens is 1. The van der Waals surface area contributed by atoms with Crippen molar-refractivity contribution in [2.75, 3.05) is 36.0 Å². The number of piperazine rings is 1. The number of nitrogens with one attached hydrogen (secondary N) is 1. The van der Waals surface area contributed by atoms with Gasteiger partial charge in [-0.25, -0.2) is 4.98 Å². The first-order valence-corrected chi connectivity index (χ1v) is 8.28. The third kappa shape index (κ3) is 2.74. The molecular weight excluding hydrogens is 282 g/mol. The molecule has 3 aromatic rings. The lowest BCUT2D eigenvalue weighted by Gasteiger charge is -2.33. The highest BCUT2D eigenvalue weighted by Crippen LogP contribution is 2.22. The molecule has 1 aliphatic rings. The fraction of sp³-hybridized carbons (Fsp3) is 0.250. The molecule has 23 heavy (non-hydrogen) atoms. The van der Waals surface area contributed by atoms with E-state index in [1.807, 2.05) is 0 Å². The van der Waals surface area contributed by atoms with Crippen LogP contribution in [0.4, 0.5) is 11.5 Å². The Morgan fingerprint density at radius 1 is 0.739 bits per heavy atom. The molecule has 1 N–H and O–H groups in total. The van der Waals surface area contributed by atoms with E-state index in [9.17, 15) is 0 Å². The van der Waals surface area contributed by atoms with E-state index in [0.29, 0.717) is 0 Å². The van der Waals surface area contributed by atoms with E-state index in [0.717, 1.165) is 26.2 Å². The summed E-state index contributed by atoms with van der Waals surface area (Å²) in [6, 6.07) is 21.5. The molecule has 2 aromatic carbocycles. The van der Waals surface area contributed by atoms with Gasteiger partial charge < -0.3 is 4.90 Å². The van der Waals surface area contributed by atoms with Gasteiger partial charge in [0.25, 0.3) is 5.82 Å². The number of anilines is 2. The second-order valence-electron chi connectivity index (χ2n) is 6.19. The standard InChI is InChI=1S/C20H21N3/c1-16-6-2-5-9-19(16)22-12-14-23(15-13-22)20-11-10-17-7-3-4-8-18(17)21-20/h2-11H,12-15H2,1H3/p+1. The monoisotopic (exact) mass is 304 g/mol. The lowest BCUT2D eigenvalue weighted by atomic mass is 10.1. The lowest BCUT2D eigenvalue weighted by molar-refractivity contribution is -0.330. The van der Waals surface area contributed by atoms with Crippen LogP contribution in [0.3, 0.4) is 0 Å². The second-order valence-corrected chi connectivity index (χ2v) is 6.19. The molecule has 0 radical (unpaired) electrons. The molecule has 116 valence electrons. The van der Waals surface area contributed by atoms with Gasteiger partial charge in [-0.15, -0.1) is 0 Å². The van der Waals surface area contributed by atoms with Crippen LogP contribution >= 0.6 is 0 Å². The Morgan fingerprint density at radius 2 is 1.43 bits per heavy atom. The molecule has 1 saturated heterocycles. The van der Waals surface area contributed by atoms with Crippen molar-refractivity contribution < 1.29 is 4.98 Å².